The highest BCUT2D eigenvalue weighted by atomic mass is 32.2. The molecule has 0 aliphatic heterocycles. The lowest BCUT2D eigenvalue weighted by Gasteiger charge is -2.13. The van der Waals surface area contributed by atoms with Crippen LogP contribution in [0.3, 0.4) is 0 Å². The Hall–Kier alpha value is -1.69. The van der Waals surface area contributed by atoms with E-state index in [1.165, 1.54) is 18.7 Å². The van der Waals surface area contributed by atoms with Gasteiger partial charge in [0.1, 0.15) is 11.8 Å². The molecule has 0 saturated carbocycles. The summed E-state index contributed by atoms with van der Waals surface area (Å²) in [6.45, 7) is 5.80. The smallest absolute Gasteiger partial charge is 0.327 e. The predicted molar refractivity (Wildman–Crippen MR) is 84.0 cm³/mol. The molecule has 21 heavy (non-hydrogen) atoms. The summed E-state index contributed by atoms with van der Waals surface area (Å²) in [5.74, 6) is 0.483. The molecule has 1 aromatic rings. The van der Waals surface area contributed by atoms with Gasteiger partial charge < -0.3 is 15.2 Å². The normalized spacial score (nSPS) is 11.8. The number of aryl methyl sites for hydroxylation is 2. The van der Waals surface area contributed by atoms with E-state index >= 15 is 0 Å². The lowest BCUT2D eigenvalue weighted by Crippen LogP contribution is -2.41. The van der Waals surface area contributed by atoms with Crippen molar-refractivity contribution in [3.05, 3.63) is 29.3 Å². The van der Waals surface area contributed by atoms with Crippen molar-refractivity contribution in [1.29, 1.82) is 0 Å². The van der Waals surface area contributed by atoms with Crippen molar-refractivity contribution in [3.63, 3.8) is 0 Å². The van der Waals surface area contributed by atoms with Crippen molar-refractivity contribution in [1.82, 2.24) is 5.32 Å². The van der Waals surface area contributed by atoms with Crippen LogP contribution in [-0.2, 0) is 9.59 Å². The van der Waals surface area contributed by atoms with Gasteiger partial charge in [0, 0.05) is 18.4 Å². The summed E-state index contributed by atoms with van der Waals surface area (Å²) in [6.07, 6.45) is 0. The van der Waals surface area contributed by atoms with Crippen LogP contribution in [0.1, 0.15) is 18.1 Å². The first kappa shape index (κ1) is 17.4. The van der Waals surface area contributed by atoms with Crippen LogP contribution in [0.5, 0.6) is 5.75 Å². The highest BCUT2D eigenvalue weighted by molar-refractivity contribution is 7.99. The molecule has 0 radical (unpaired) electrons. The molecule has 1 aromatic carbocycles. The van der Waals surface area contributed by atoms with Crippen LogP contribution in [0.15, 0.2) is 18.2 Å². The van der Waals surface area contributed by atoms with Gasteiger partial charge in [-0.2, -0.15) is 11.8 Å². The Bertz CT molecular complexity index is 504. The number of hydrogen-bond acceptors (Lipinski definition) is 4. The van der Waals surface area contributed by atoms with E-state index in [0.717, 1.165) is 16.9 Å². The van der Waals surface area contributed by atoms with Gasteiger partial charge in [-0.1, -0.05) is 12.1 Å². The molecule has 0 aliphatic carbocycles. The van der Waals surface area contributed by atoms with Crippen LogP contribution in [0.4, 0.5) is 0 Å². The molecule has 1 unspecified atom stereocenters. The molecule has 0 spiro atoms. The van der Waals surface area contributed by atoms with Crippen molar-refractivity contribution in [2.24, 2.45) is 0 Å². The van der Waals surface area contributed by atoms with Gasteiger partial charge in [0.2, 0.25) is 5.91 Å². The van der Waals surface area contributed by atoms with Crippen molar-refractivity contribution in [3.8, 4) is 5.75 Å². The van der Waals surface area contributed by atoms with Gasteiger partial charge in [-0.15, -0.1) is 0 Å². The molecule has 0 heterocycles. The molecule has 0 saturated heterocycles. The van der Waals surface area contributed by atoms with Crippen molar-refractivity contribution >= 4 is 23.6 Å². The fraction of sp³-hybridized carbons (Fsp3) is 0.467. The van der Waals surface area contributed by atoms with Gasteiger partial charge in [0.15, 0.2) is 0 Å². The maximum atomic E-state index is 10.9. The number of amides is 1. The summed E-state index contributed by atoms with van der Waals surface area (Å²) in [4.78, 5) is 21.8. The standard InChI is InChI=1S/C15H21NO4S/c1-10-4-5-11(2)14(8-10)20-6-7-21-9-13(15(18)19)16-12(3)17/h4-5,8,13H,6-7,9H2,1-3H3,(H,16,17)(H,18,19). The van der Waals surface area contributed by atoms with E-state index in [4.69, 9.17) is 9.84 Å². The Kier molecular flexibility index (Phi) is 7.08. The number of ether oxygens (including phenoxy) is 1. The first-order valence-corrected chi connectivity index (χ1v) is 7.83. The van der Waals surface area contributed by atoms with E-state index in [1.54, 1.807) is 0 Å². The third-order valence-electron chi connectivity index (χ3n) is 2.79. The van der Waals surface area contributed by atoms with Crippen LogP contribution >= 0.6 is 11.8 Å². The second-order valence-electron chi connectivity index (χ2n) is 4.78. The molecule has 0 aromatic heterocycles. The maximum absolute atomic E-state index is 10.9. The Morgan fingerprint density at radius 2 is 2.10 bits per heavy atom. The number of carbonyl (C=O) groups is 2. The van der Waals surface area contributed by atoms with E-state index in [1.807, 2.05) is 32.0 Å². The number of rotatable bonds is 8. The summed E-state index contributed by atoms with van der Waals surface area (Å²) in [5, 5.41) is 11.4. The average molecular weight is 311 g/mol. The molecule has 1 amide bonds. The van der Waals surface area contributed by atoms with Crippen LogP contribution < -0.4 is 10.1 Å². The van der Waals surface area contributed by atoms with E-state index in [-0.39, 0.29) is 5.91 Å². The maximum Gasteiger partial charge on any atom is 0.327 e. The third kappa shape index (κ3) is 6.53. The van der Waals surface area contributed by atoms with Gasteiger partial charge in [-0.05, 0) is 31.0 Å². The quantitative estimate of drug-likeness (QED) is 0.718. The fourth-order valence-electron chi connectivity index (χ4n) is 1.69. The zero-order valence-electron chi connectivity index (χ0n) is 12.5. The van der Waals surface area contributed by atoms with Gasteiger partial charge in [-0.3, -0.25) is 4.79 Å². The Morgan fingerprint density at radius 3 is 2.71 bits per heavy atom. The van der Waals surface area contributed by atoms with Gasteiger partial charge >= 0.3 is 5.97 Å². The summed E-state index contributed by atoms with van der Waals surface area (Å²) in [6, 6.07) is 5.17. The molecule has 0 fully saturated rings. The van der Waals surface area contributed by atoms with Crippen molar-refractivity contribution < 1.29 is 19.4 Å². The Labute approximate surface area is 129 Å². The summed E-state index contributed by atoms with van der Waals surface area (Å²) in [5.41, 5.74) is 2.21. The molecule has 0 aliphatic rings. The zero-order valence-corrected chi connectivity index (χ0v) is 13.3. The second-order valence-corrected chi connectivity index (χ2v) is 5.93. The van der Waals surface area contributed by atoms with Crippen LogP contribution in [0, 0.1) is 13.8 Å². The fourth-order valence-corrected chi connectivity index (χ4v) is 2.52. The first-order valence-electron chi connectivity index (χ1n) is 6.68. The van der Waals surface area contributed by atoms with E-state index in [2.05, 4.69) is 5.32 Å². The van der Waals surface area contributed by atoms with Crippen molar-refractivity contribution in [2.75, 3.05) is 18.1 Å². The highest BCUT2D eigenvalue weighted by Crippen LogP contribution is 2.19. The number of thioether (sulfide) groups is 1. The van der Waals surface area contributed by atoms with Crippen LogP contribution in [-0.4, -0.2) is 41.1 Å². The number of carbonyl (C=O) groups excluding carboxylic acids is 1. The second kappa shape index (κ2) is 8.56. The zero-order chi connectivity index (χ0) is 15.8. The minimum Gasteiger partial charge on any atom is -0.492 e. The monoisotopic (exact) mass is 311 g/mol. The van der Waals surface area contributed by atoms with Crippen LogP contribution in [0.2, 0.25) is 0 Å². The number of aliphatic carboxylic acids is 1. The summed E-state index contributed by atoms with van der Waals surface area (Å²) in [7, 11) is 0. The Morgan fingerprint density at radius 1 is 1.38 bits per heavy atom. The van der Waals surface area contributed by atoms with Gasteiger partial charge in [0.05, 0.1) is 6.61 Å². The molecule has 1 atom stereocenters. The van der Waals surface area contributed by atoms with E-state index < -0.39 is 12.0 Å². The predicted octanol–water partition coefficient (Wildman–Crippen LogP) is 2.00. The topological polar surface area (TPSA) is 75.6 Å². The number of hydrogen-bond donors (Lipinski definition) is 2. The van der Waals surface area contributed by atoms with Gasteiger partial charge in [0.25, 0.3) is 0 Å². The molecular weight excluding hydrogens is 290 g/mol. The SMILES string of the molecule is CC(=O)NC(CSCCOc1cc(C)ccc1C)C(=O)O. The molecule has 6 heteroatoms. The summed E-state index contributed by atoms with van der Waals surface area (Å²) < 4.78 is 5.69. The van der Waals surface area contributed by atoms with Crippen LogP contribution in [0.25, 0.3) is 0 Å². The van der Waals surface area contributed by atoms with Gasteiger partial charge in [-0.25, -0.2) is 4.79 Å². The molecule has 116 valence electrons. The lowest BCUT2D eigenvalue weighted by molar-refractivity contribution is -0.140. The molecule has 1 rings (SSSR count). The lowest BCUT2D eigenvalue weighted by atomic mass is 10.1. The number of carboxylic acids is 1. The highest BCUT2D eigenvalue weighted by Gasteiger charge is 2.17. The van der Waals surface area contributed by atoms with Crippen molar-refractivity contribution in [2.45, 2.75) is 26.8 Å². The minimum absolute atomic E-state index is 0.324. The van der Waals surface area contributed by atoms with E-state index in [9.17, 15) is 9.59 Å². The number of nitrogens with one attached hydrogen (secondary N) is 1. The Balaban J connectivity index is 2.32. The van der Waals surface area contributed by atoms with E-state index in [0.29, 0.717) is 18.1 Å². The third-order valence-corrected chi connectivity index (χ3v) is 3.81. The molecule has 5 nitrogen and oxygen atoms in total. The first-order chi connectivity index (χ1) is 9.90. The molecular formula is C15H21NO4S. The molecule has 0 bridgehead atoms. The minimum atomic E-state index is -1.02. The largest absolute Gasteiger partial charge is 0.492 e. The number of carboxylic acid groups (broad SMARTS) is 1. The average Bonchev–Trinajstić information content (AvgIpc) is 2.40. The number of benzene rings is 1. The summed E-state index contributed by atoms with van der Waals surface area (Å²) >= 11 is 1.44. The molecule has 2 N–H and O–H groups in total.